The van der Waals surface area contributed by atoms with Gasteiger partial charge in [0.1, 0.15) is 0 Å². The number of H-pyrrole nitrogens is 1. The number of aromatic amines is 1. The Balaban J connectivity index is 1.84. The predicted molar refractivity (Wildman–Crippen MR) is 70.4 cm³/mol. The molecule has 17 heavy (non-hydrogen) atoms. The molecular formula is C12H19N3OS. The number of rotatable bonds is 7. The van der Waals surface area contributed by atoms with E-state index in [0.29, 0.717) is 6.04 Å². The highest BCUT2D eigenvalue weighted by molar-refractivity contribution is 7.99. The molecule has 0 spiro atoms. The van der Waals surface area contributed by atoms with Gasteiger partial charge in [-0.2, -0.15) is 0 Å². The first kappa shape index (κ1) is 12.6. The molecule has 1 aromatic rings. The van der Waals surface area contributed by atoms with E-state index in [1.807, 2.05) is 0 Å². The highest BCUT2D eigenvalue weighted by Crippen LogP contribution is 2.34. The molecule has 5 heteroatoms. The van der Waals surface area contributed by atoms with Crippen molar-refractivity contribution in [3.8, 4) is 0 Å². The quantitative estimate of drug-likeness (QED) is 0.573. The van der Waals surface area contributed by atoms with Gasteiger partial charge in [0.25, 0.3) is 5.56 Å². The molecule has 1 atom stereocenters. The van der Waals surface area contributed by atoms with Crippen LogP contribution in [0.3, 0.4) is 0 Å². The van der Waals surface area contributed by atoms with Crippen molar-refractivity contribution in [3.05, 3.63) is 22.6 Å². The molecule has 1 unspecified atom stereocenters. The second-order valence-electron chi connectivity index (χ2n) is 4.45. The van der Waals surface area contributed by atoms with Crippen molar-refractivity contribution in [3.63, 3.8) is 0 Å². The highest BCUT2D eigenvalue weighted by Gasteiger charge is 2.30. The minimum absolute atomic E-state index is 0.0769. The maximum atomic E-state index is 11.1. The van der Waals surface area contributed by atoms with Crippen LogP contribution in [0.25, 0.3) is 0 Å². The van der Waals surface area contributed by atoms with Crippen LogP contribution in [0.4, 0.5) is 0 Å². The molecule has 0 amide bonds. The molecule has 4 nitrogen and oxygen atoms in total. The number of hydrogen-bond donors (Lipinski definition) is 2. The van der Waals surface area contributed by atoms with Crippen molar-refractivity contribution >= 4 is 11.8 Å². The summed E-state index contributed by atoms with van der Waals surface area (Å²) >= 11 is 1.63. The normalized spacial score (nSPS) is 17.0. The number of thioether (sulfide) groups is 1. The molecule has 1 fully saturated rings. The van der Waals surface area contributed by atoms with Crippen LogP contribution >= 0.6 is 11.8 Å². The Bertz CT molecular complexity index is 403. The van der Waals surface area contributed by atoms with Crippen LogP contribution in [0.5, 0.6) is 0 Å². The van der Waals surface area contributed by atoms with Crippen LogP contribution in [0.2, 0.25) is 0 Å². The zero-order chi connectivity index (χ0) is 12.1. The van der Waals surface area contributed by atoms with Gasteiger partial charge in [0, 0.05) is 24.1 Å². The largest absolute Gasteiger partial charge is 0.313 e. The van der Waals surface area contributed by atoms with Crippen molar-refractivity contribution < 1.29 is 0 Å². The van der Waals surface area contributed by atoms with Gasteiger partial charge in [-0.15, -0.1) is 0 Å². The SMILES string of the molecule is CCCNC(CSc1nccc(=O)[nH]1)C1CC1. The van der Waals surface area contributed by atoms with Crippen LogP contribution in [0.15, 0.2) is 22.2 Å². The van der Waals surface area contributed by atoms with E-state index in [1.54, 1.807) is 18.0 Å². The van der Waals surface area contributed by atoms with Crippen molar-refractivity contribution in [2.75, 3.05) is 12.3 Å². The van der Waals surface area contributed by atoms with E-state index in [1.165, 1.54) is 18.9 Å². The Morgan fingerprint density at radius 3 is 3.12 bits per heavy atom. The molecule has 94 valence electrons. The lowest BCUT2D eigenvalue weighted by Gasteiger charge is -2.16. The van der Waals surface area contributed by atoms with Crippen molar-refractivity contribution in [2.45, 2.75) is 37.4 Å². The first-order chi connectivity index (χ1) is 8.29. The minimum Gasteiger partial charge on any atom is -0.313 e. The van der Waals surface area contributed by atoms with Gasteiger partial charge in [-0.1, -0.05) is 18.7 Å². The van der Waals surface area contributed by atoms with Crippen LogP contribution < -0.4 is 10.9 Å². The van der Waals surface area contributed by atoms with E-state index in [2.05, 4.69) is 22.2 Å². The fraction of sp³-hybridized carbons (Fsp3) is 0.667. The summed E-state index contributed by atoms with van der Waals surface area (Å²) in [4.78, 5) is 18.0. The topological polar surface area (TPSA) is 57.8 Å². The fourth-order valence-corrected chi connectivity index (χ4v) is 2.82. The Morgan fingerprint density at radius 2 is 2.47 bits per heavy atom. The summed E-state index contributed by atoms with van der Waals surface area (Å²) in [5.41, 5.74) is -0.0769. The highest BCUT2D eigenvalue weighted by atomic mass is 32.2. The maximum absolute atomic E-state index is 11.1. The standard InChI is InChI=1S/C12H19N3OS/c1-2-6-13-10(9-3-4-9)8-17-12-14-7-5-11(16)15-12/h5,7,9-10,13H,2-4,6,8H2,1H3,(H,14,15,16). The van der Waals surface area contributed by atoms with E-state index in [9.17, 15) is 4.79 Å². The van der Waals surface area contributed by atoms with Gasteiger partial charge < -0.3 is 10.3 Å². The minimum atomic E-state index is -0.0769. The summed E-state index contributed by atoms with van der Waals surface area (Å²) in [5.74, 6) is 1.81. The molecule has 0 radical (unpaired) electrons. The summed E-state index contributed by atoms with van der Waals surface area (Å²) < 4.78 is 0. The van der Waals surface area contributed by atoms with Crippen molar-refractivity contribution in [2.24, 2.45) is 5.92 Å². The molecule has 1 aromatic heterocycles. The third-order valence-electron chi connectivity index (χ3n) is 2.90. The summed E-state index contributed by atoms with van der Waals surface area (Å²) in [6.07, 6.45) is 5.39. The predicted octanol–water partition coefficient (Wildman–Crippen LogP) is 1.64. The van der Waals surface area contributed by atoms with Crippen molar-refractivity contribution in [1.82, 2.24) is 15.3 Å². The summed E-state index contributed by atoms with van der Waals surface area (Å²) in [7, 11) is 0. The molecule has 1 heterocycles. The molecule has 0 aromatic carbocycles. The fourth-order valence-electron chi connectivity index (χ4n) is 1.78. The monoisotopic (exact) mass is 253 g/mol. The Kier molecular flexibility index (Phi) is 4.62. The first-order valence-corrected chi connectivity index (χ1v) is 7.19. The molecule has 2 N–H and O–H groups in total. The molecule has 1 saturated carbocycles. The number of nitrogens with zero attached hydrogens (tertiary/aromatic N) is 1. The molecule has 0 saturated heterocycles. The number of hydrogen-bond acceptors (Lipinski definition) is 4. The number of aromatic nitrogens is 2. The van der Waals surface area contributed by atoms with E-state index in [0.717, 1.165) is 29.8 Å². The molecule has 1 aliphatic carbocycles. The molecule has 2 rings (SSSR count). The Labute approximate surface area is 106 Å². The van der Waals surface area contributed by atoms with Crippen LogP contribution in [0.1, 0.15) is 26.2 Å². The number of nitrogens with one attached hydrogen (secondary N) is 2. The van der Waals surface area contributed by atoms with Gasteiger partial charge in [0.05, 0.1) is 0 Å². The van der Waals surface area contributed by atoms with Gasteiger partial charge in [-0.25, -0.2) is 4.98 Å². The molecule has 0 aliphatic heterocycles. The van der Waals surface area contributed by atoms with Gasteiger partial charge in [0.2, 0.25) is 0 Å². The zero-order valence-corrected chi connectivity index (χ0v) is 10.9. The van der Waals surface area contributed by atoms with E-state index >= 15 is 0 Å². The van der Waals surface area contributed by atoms with Gasteiger partial charge >= 0.3 is 0 Å². The van der Waals surface area contributed by atoms with E-state index < -0.39 is 0 Å². The van der Waals surface area contributed by atoms with Crippen LogP contribution in [-0.2, 0) is 0 Å². The summed E-state index contributed by atoms with van der Waals surface area (Å²) in [6.45, 7) is 3.25. The van der Waals surface area contributed by atoms with E-state index in [-0.39, 0.29) is 5.56 Å². The second-order valence-corrected chi connectivity index (χ2v) is 5.46. The summed E-state index contributed by atoms with van der Waals surface area (Å²) in [5, 5.41) is 4.30. The lowest BCUT2D eigenvalue weighted by molar-refractivity contribution is 0.503. The molecule has 0 bridgehead atoms. The summed E-state index contributed by atoms with van der Waals surface area (Å²) in [6, 6.07) is 2.00. The lowest BCUT2D eigenvalue weighted by atomic mass is 10.2. The average Bonchev–Trinajstić information content (AvgIpc) is 3.13. The lowest BCUT2D eigenvalue weighted by Crippen LogP contribution is -2.34. The van der Waals surface area contributed by atoms with Crippen molar-refractivity contribution in [1.29, 1.82) is 0 Å². The maximum Gasteiger partial charge on any atom is 0.251 e. The third kappa shape index (κ3) is 4.16. The first-order valence-electron chi connectivity index (χ1n) is 6.21. The second kappa shape index (κ2) is 6.21. The van der Waals surface area contributed by atoms with E-state index in [4.69, 9.17) is 0 Å². The van der Waals surface area contributed by atoms with Gasteiger partial charge in [-0.05, 0) is 31.7 Å². The smallest absolute Gasteiger partial charge is 0.251 e. The molecule has 1 aliphatic rings. The average molecular weight is 253 g/mol. The zero-order valence-electron chi connectivity index (χ0n) is 10.1. The van der Waals surface area contributed by atoms with Gasteiger partial charge in [-0.3, -0.25) is 4.79 Å². The molecular weight excluding hydrogens is 234 g/mol. The third-order valence-corrected chi connectivity index (χ3v) is 3.90. The Morgan fingerprint density at radius 1 is 1.65 bits per heavy atom. The van der Waals surface area contributed by atoms with Crippen LogP contribution in [0, 0.1) is 5.92 Å². The Hall–Kier alpha value is -0.810. The van der Waals surface area contributed by atoms with Gasteiger partial charge in [0.15, 0.2) is 5.16 Å². The van der Waals surface area contributed by atoms with Crippen LogP contribution in [-0.4, -0.2) is 28.3 Å².